The van der Waals surface area contributed by atoms with Gasteiger partial charge in [0.25, 0.3) is 0 Å². The lowest BCUT2D eigenvalue weighted by Gasteiger charge is -2.27. The molecule has 1 aliphatic rings. The van der Waals surface area contributed by atoms with Crippen LogP contribution >= 0.6 is 0 Å². The molecule has 1 N–H and O–H groups in total. The third kappa shape index (κ3) is 9.03. The maximum Gasteiger partial charge on any atom is 0.317 e. The average Bonchev–Trinajstić information content (AvgIpc) is 2.41. The Morgan fingerprint density at radius 3 is 1.67 bits per heavy atom. The standard InChI is InChI=1S/C15H32N4O2/c1-16-6-4-7-18(3)12-13-19(14-15(20)21)9-5-8-17(2)11-10-16/h4-14H2,1-3H3,(H,20,21). The van der Waals surface area contributed by atoms with Crippen LogP contribution in [-0.4, -0.2) is 111 Å². The lowest BCUT2D eigenvalue weighted by Crippen LogP contribution is -2.40. The molecule has 124 valence electrons. The van der Waals surface area contributed by atoms with Gasteiger partial charge in [-0.1, -0.05) is 0 Å². The highest BCUT2D eigenvalue weighted by Crippen LogP contribution is 1.99. The monoisotopic (exact) mass is 300 g/mol. The summed E-state index contributed by atoms with van der Waals surface area (Å²) in [5, 5.41) is 9.01. The van der Waals surface area contributed by atoms with E-state index in [9.17, 15) is 4.79 Å². The molecule has 0 radical (unpaired) electrons. The largest absolute Gasteiger partial charge is 0.480 e. The van der Waals surface area contributed by atoms with E-state index in [0.29, 0.717) is 0 Å². The summed E-state index contributed by atoms with van der Waals surface area (Å²) < 4.78 is 0. The van der Waals surface area contributed by atoms with E-state index < -0.39 is 5.97 Å². The molecule has 1 heterocycles. The molecule has 0 bridgehead atoms. The van der Waals surface area contributed by atoms with Gasteiger partial charge in [0.05, 0.1) is 6.54 Å². The molecule has 0 atom stereocenters. The summed E-state index contributed by atoms with van der Waals surface area (Å²) in [7, 11) is 6.46. The molecule has 6 heteroatoms. The van der Waals surface area contributed by atoms with Crippen LogP contribution in [-0.2, 0) is 4.79 Å². The van der Waals surface area contributed by atoms with Gasteiger partial charge in [-0.15, -0.1) is 0 Å². The molecule has 0 spiro atoms. The molecule has 1 saturated heterocycles. The van der Waals surface area contributed by atoms with Crippen LogP contribution in [0, 0.1) is 0 Å². The molecular formula is C15H32N4O2. The van der Waals surface area contributed by atoms with Crippen molar-refractivity contribution in [3.05, 3.63) is 0 Å². The Hall–Kier alpha value is -0.690. The molecule has 0 aromatic heterocycles. The SMILES string of the molecule is CN1CCCN(C)CCN(CC(=O)O)CCCN(C)CC1. The van der Waals surface area contributed by atoms with E-state index in [1.165, 1.54) is 0 Å². The fraction of sp³-hybridized carbons (Fsp3) is 0.933. The molecule has 0 saturated carbocycles. The zero-order valence-electron chi connectivity index (χ0n) is 13.9. The van der Waals surface area contributed by atoms with Crippen molar-refractivity contribution >= 4 is 5.97 Å². The molecule has 0 amide bonds. The van der Waals surface area contributed by atoms with Gasteiger partial charge < -0.3 is 19.8 Å². The van der Waals surface area contributed by atoms with Gasteiger partial charge in [-0.05, 0) is 53.6 Å². The molecule has 6 nitrogen and oxygen atoms in total. The normalized spacial score (nSPS) is 23.8. The molecule has 0 aliphatic carbocycles. The maximum absolute atomic E-state index is 11.0. The van der Waals surface area contributed by atoms with Gasteiger partial charge in [0, 0.05) is 32.7 Å². The second-order valence-electron chi connectivity index (χ2n) is 6.29. The first-order valence-electron chi connectivity index (χ1n) is 7.97. The third-order valence-corrected chi connectivity index (χ3v) is 4.11. The van der Waals surface area contributed by atoms with Crippen LogP contribution in [0.4, 0.5) is 0 Å². The van der Waals surface area contributed by atoms with Gasteiger partial charge in [-0.3, -0.25) is 9.69 Å². The van der Waals surface area contributed by atoms with Crippen LogP contribution in [0.1, 0.15) is 12.8 Å². The zero-order valence-corrected chi connectivity index (χ0v) is 13.9. The summed E-state index contributed by atoms with van der Waals surface area (Å²) in [6, 6.07) is 0. The predicted molar refractivity (Wildman–Crippen MR) is 85.8 cm³/mol. The van der Waals surface area contributed by atoms with Crippen molar-refractivity contribution in [2.75, 3.05) is 80.0 Å². The van der Waals surface area contributed by atoms with Gasteiger partial charge in [0.15, 0.2) is 0 Å². The second-order valence-corrected chi connectivity index (χ2v) is 6.29. The first-order chi connectivity index (χ1) is 9.97. The minimum Gasteiger partial charge on any atom is -0.480 e. The van der Waals surface area contributed by atoms with Crippen LogP contribution in [0.2, 0.25) is 0 Å². The van der Waals surface area contributed by atoms with Crippen molar-refractivity contribution in [3.8, 4) is 0 Å². The van der Waals surface area contributed by atoms with Crippen LogP contribution in [0.15, 0.2) is 0 Å². The Bertz CT molecular complexity index is 301. The number of carbonyl (C=O) groups is 1. The number of likely N-dealkylation sites (N-methyl/N-ethyl adjacent to an activating group) is 3. The average molecular weight is 300 g/mol. The summed E-state index contributed by atoms with van der Waals surface area (Å²) in [5.41, 5.74) is 0. The van der Waals surface area contributed by atoms with E-state index in [4.69, 9.17) is 5.11 Å². The van der Waals surface area contributed by atoms with Crippen molar-refractivity contribution in [1.29, 1.82) is 0 Å². The number of carboxylic acid groups (broad SMARTS) is 1. The van der Waals surface area contributed by atoms with Crippen molar-refractivity contribution in [2.45, 2.75) is 12.8 Å². The van der Waals surface area contributed by atoms with Crippen molar-refractivity contribution in [2.24, 2.45) is 0 Å². The molecule has 1 aliphatic heterocycles. The highest BCUT2D eigenvalue weighted by molar-refractivity contribution is 5.69. The van der Waals surface area contributed by atoms with Crippen LogP contribution in [0.3, 0.4) is 0 Å². The van der Waals surface area contributed by atoms with Gasteiger partial charge in [-0.25, -0.2) is 0 Å². The van der Waals surface area contributed by atoms with E-state index in [0.717, 1.165) is 65.2 Å². The van der Waals surface area contributed by atoms with Crippen molar-refractivity contribution in [3.63, 3.8) is 0 Å². The lowest BCUT2D eigenvalue weighted by atomic mass is 10.3. The number of aliphatic carboxylic acids is 1. The topological polar surface area (TPSA) is 50.3 Å². The van der Waals surface area contributed by atoms with Crippen LogP contribution in [0.5, 0.6) is 0 Å². The number of carboxylic acids is 1. The first-order valence-corrected chi connectivity index (χ1v) is 7.97. The molecule has 1 fully saturated rings. The van der Waals surface area contributed by atoms with Crippen molar-refractivity contribution < 1.29 is 9.90 Å². The van der Waals surface area contributed by atoms with Gasteiger partial charge >= 0.3 is 5.97 Å². The fourth-order valence-electron chi connectivity index (χ4n) is 2.62. The smallest absolute Gasteiger partial charge is 0.317 e. The summed E-state index contributed by atoms with van der Waals surface area (Å²) in [6.45, 7) is 8.18. The minimum atomic E-state index is -0.728. The Kier molecular flexibility index (Phi) is 8.84. The summed E-state index contributed by atoms with van der Waals surface area (Å²) >= 11 is 0. The number of hydrogen-bond acceptors (Lipinski definition) is 5. The molecule has 21 heavy (non-hydrogen) atoms. The minimum absolute atomic E-state index is 0.153. The quantitative estimate of drug-likeness (QED) is 0.772. The molecular weight excluding hydrogens is 268 g/mol. The van der Waals surface area contributed by atoms with Gasteiger partial charge in [0.1, 0.15) is 0 Å². The zero-order chi connectivity index (χ0) is 15.7. The molecule has 0 unspecified atom stereocenters. The summed E-state index contributed by atoms with van der Waals surface area (Å²) in [6.07, 6.45) is 2.19. The highest BCUT2D eigenvalue weighted by Gasteiger charge is 2.12. The maximum atomic E-state index is 11.0. The van der Waals surface area contributed by atoms with Crippen molar-refractivity contribution in [1.82, 2.24) is 19.6 Å². The summed E-state index contributed by atoms with van der Waals surface area (Å²) in [4.78, 5) is 20.1. The van der Waals surface area contributed by atoms with Gasteiger partial charge in [-0.2, -0.15) is 0 Å². The van der Waals surface area contributed by atoms with Crippen LogP contribution < -0.4 is 0 Å². The predicted octanol–water partition coefficient (Wildman–Crippen LogP) is -0.0378. The number of hydrogen-bond donors (Lipinski definition) is 1. The third-order valence-electron chi connectivity index (χ3n) is 4.11. The number of rotatable bonds is 2. The van der Waals surface area contributed by atoms with E-state index in [2.05, 4.69) is 40.7 Å². The molecule has 0 aromatic rings. The first kappa shape index (κ1) is 18.4. The van der Waals surface area contributed by atoms with Gasteiger partial charge in [0.2, 0.25) is 0 Å². The van der Waals surface area contributed by atoms with Crippen LogP contribution in [0.25, 0.3) is 0 Å². The van der Waals surface area contributed by atoms with E-state index in [1.807, 2.05) is 0 Å². The van der Waals surface area contributed by atoms with E-state index in [1.54, 1.807) is 0 Å². The Morgan fingerprint density at radius 1 is 0.762 bits per heavy atom. The lowest BCUT2D eigenvalue weighted by molar-refractivity contribution is -0.138. The van der Waals surface area contributed by atoms with E-state index >= 15 is 0 Å². The van der Waals surface area contributed by atoms with E-state index in [-0.39, 0.29) is 6.54 Å². The Balaban J connectivity index is 2.50. The fourth-order valence-corrected chi connectivity index (χ4v) is 2.62. The Labute approximate surface area is 129 Å². The molecule has 1 rings (SSSR count). The second kappa shape index (κ2) is 10.1. The highest BCUT2D eigenvalue weighted by atomic mass is 16.4. The number of nitrogens with zero attached hydrogens (tertiary/aromatic N) is 4. The summed E-state index contributed by atoms with van der Waals surface area (Å²) in [5.74, 6) is -0.728. The molecule has 0 aromatic carbocycles. The Morgan fingerprint density at radius 2 is 1.19 bits per heavy atom.